The van der Waals surface area contributed by atoms with E-state index in [4.69, 9.17) is 4.74 Å². The summed E-state index contributed by atoms with van der Waals surface area (Å²) in [6.45, 7) is 7.20. The van der Waals surface area contributed by atoms with Crippen molar-refractivity contribution in [3.63, 3.8) is 0 Å². The van der Waals surface area contributed by atoms with Gasteiger partial charge in [-0.1, -0.05) is 79.7 Å². The predicted octanol–water partition coefficient (Wildman–Crippen LogP) is 6.01. The lowest BCUT2D eigenvalue weighted by molar-refractivity contribution is -0.140. The maximum Gasteiger partial charge on any atom is 0.264 e. The lowest BCUT2D eigenvalue weighted by Crippen LogP contribution is -2.56. The smallest absolute Gasteiger partial charge is 0.264 e. The first kappa shape index (κ1) is 34.2. The van der Waals surface area contributed by atoms with Gasteiger partial charge in [0, 0.05) is 18.5 Å². The Morgan fingerprint density at radius 3 is 2.00 bits per heavy atom. The Balaban J connectivity index is 1.82. The molecule has 0 bridgehead atoms. The van der Waals surface area contributed by atoms with E-state index in [1.54, 1.807) is 43.5 Å². The largest absolute Gasteiger partial charge is 0.497 e. The zero-order valence-electron chi connectivity index (χ0n) is 27.1. The highest BCUT2D eigenvalue weighted by Gasteiger charge is 2.35. The zero-order valence-corrected chi connectivity index (χ0v) is 28.0. The summed E-state index contributed by atoms with van der Waals surface area (Å²) in [4.78, 5) is 30.1. The van der Waals surface area contributed by atoms with Gasteiger partial charge in [-0.2, -0.15) is 0 Å². The number of amides is 2. The van der Waals surface area contributed by atoms with Crippen molar-refractivity contribution in [2.75, 3.05) is 18.0 Å². The molecular weight excluding hydrogens is 598 g/mol. The summed E-state index contributed by atoms with van der Waals surface area (Å²) in [7, 11) is -2.59. The van der Waals surface area contributed by atoms with Gasteiger partial charge >= 0.3 is 0 Å². The number of ether oxygens (including phenoxy) is 1. The van der Waals surface area contributed by atoms with E-state index in [0.29, 0.717) is 11.4 Å². The maximum absolute atomic E-state index is 14.6. The van der Waals surface area contributed by atoms with Gasteiger partial charge < -0.3 is 15.0 Å². The van der Waals surface area contributed by atoms with Crippen LogP contribution in [0.15, 0.2) is 114 Å². The molecule has 4 rings (SSSR count). The summed E-state index contributed by atoms with van der Waals surface area (Å²) in [5.74, 6) is -0.253. The van der Waals surface area contributed by atoms with Crippen molar-refractivity contribution in [2.24, 2.45) is 0 Å². The van der Waals surface area contributed by atoms with Crippen LogP contribution >= 0.6 is 0 Å². The molecule has 1 N–H and O–H groups in total. The molecular formula is C37H43N3O5S. The number of nitrogens with one attached hydrogen (secondary N) is 1. The highest BCUT2D eigenvalue weighted by Crippen LogP contribution is 2.26. The first-order valence-electron chi connectivity index (χ1n) is 15.4. The molecule has 0 unspecified atom stereocenters. The summed E-state index contributed by atoms with van der Waals surface area (Å²) in [6.07, 6.45) is 1.01. The van der Waals surface area contributed by atoms with Crippen molar-refractivity contribution in [1.29, 1.82) is 0 Å². The Morgan fingerprint density at radius 1 is 0.804 bits per heavy atom. The van der Waals surface area contributed by atoms with E-state index in [2.05, 4.69) is 5.32 Å². The van der Waals surface area contributed by atoms with Gasteiger partial charge in [0.2, 0.25) is 11.8 Å². The topological polar surface area (TPSA) is 96.0 Å². The lowest BCUT2D eigenvalue weighted by Gasteiger charge is -2.35. The average Bonchev–Trinajstić information content (AvgIpc) is 3.05. The quantitative estimate of drug-likeness (QED) is 0.193. The monoisotopic (exact) mass is 641 g/mol. The Morgan fingerprint density at radius 2 is 1.41 bits per heavy atom. The van der Waals surface area contributed by atoms with Crippen LogP contribution in [0.2, 0.25) is 0 Å². The molecule has 0 heterocycles. The van der Waals surface area contributed by atoms with Gasteiger partial charge in [0.1, 0.15) is 18.3 Å². The third-order valence-electron chi connectivity index (χ3n) is 7.50. The van der Waals surface area contributed by atoms with Gasteiger partial charge in [0.05, 0.1) is 17.7 Å². The van der Waals surface area contributed by atoms with E-state index in [-0.39, 0.29) is 23.8 Å². The van der Waals surface area contributed by atoms with Crippen molar-refractivity contribution in [3.05, 3.63) is 126 Å². The van der Waals surface area contributed by atoms with E-state index >= 15 is 0 Å². The third kappa shape index (κ3) is 8.97. The number of nitrogens with zero attached hydrogens (tertiary/aromatic N) is 2. The molecule has 0 fully saturated rings. The van der Waals surface area contributed by atoms with Crippen molar-refractivity contribution in [1.82, 2.24) is 10.2 Å². The Bertz CT molecular complexity index is 1700. The van der Waals surface area contributed by atoms with E-state index in [9.17, 15) is 18.0 Å². The first-order valence-corrected chi connectivity index (χ1v) is 16.8. The van der Waals surface area contributed by atoms with E-state index < -0.39 is 34.1 Å². The Kier molecular flexibility index (Phi) is 11.2. The third-order valence-corrected chi connectivity index (χ3v) is 9.29. The Labute approximate surface area is 273 Å². The van der Waals surface area contributed by atoms with Gasteiger partial charge in [-0.15, -0.1) is 0 Å². The lowest BCUT2D eigenvalue weighted by atomic mass is 10.0. The van der Waals surface area contributed by atoms with Gasteiger partial charge in [0.15, 0.2) is 0 Å². The fourth-order valence-electron chi connectivity index (χ4n) is 5.12. The van der Waals surface area contributed by atoms with Crippen LogP contribution in [0, 0.1) is 0 Å². The molecule has 46 heavy (non-hydrogen) atoms. The highest BCUT2D eigenvalue weighted by atomic mass is 32.2. The van der Waals surface area contributed by atoms with Crippen LogP contribution in [0.25, 0.3) is 0 Å². The van der Waals surface area contributed by atoms with Crippen molar-refractivity contribution < 1.29 is 22.7 Å². The molecule has 4 aromatic carbocycles. The number of sulfonamides is 1. The number of carbonyl (C=O) groups is 2. The molecule has 0 saturated carbocycles. The minimum Gasteiger partial charge on any atom is -0.497 e. The molecule has 0 saturated heterocycles. The molecule has 1 atom stereocenters. The fraction of sp³-hybridized carbons (Fsp3) is 0.297. The first-order chi connectivity index (χ1) is 21.9. The number of hydrogen-bond donors (Lipinski definition) is 1. The molecule has 0 aliphatic rings. The maximum atomic E-state index is 14.6. The second-order valence-electron chi connectivity index (χ2n) is 12.2. The fourth-order valence-corrected chi connectivity index (χ4v) is 6.56. The van der Waals surface area contributed by atoms with Gasteiger partial charge in [-0.05, 0) is 80.3 Å². The van der Waals surface area contributed by atoms with Gasteiger partial charge in [0.25, 0.3) is 10.0 Å². The molecule has 0 radical (unpaired) electrons. The van der Waals surface area contributed by atoms with Crippen LogP contribution in [0.5, 0.6) is 5.75 Å². The molecule has 0 aliphatic heterocycles. The standard InChI is InChI=1S/C37H43N3O5S/c1-6-28-20-22-31(23-21-28)40(46(43,44)33-18-11-8-12-19-33)27-35(41)39(26-30-16-13-17-32(24-30)45-5)34(36(42)38-37(2,3)4)25-29-14-9-7-10-15-29/h7-24,34H,6,25-27H2,1-5H3,(H,38,42)/t34-/m1/s1. The SMILES string of the molecule is CCc1ccc(N(CC(=O)N(Cc2cccc(OC)c2)[C@H](Cc2ccccc2)C(=O)NC(C)(C)C)S(=O)(=O)c2ccccc2)cc1. The van der Waals surface area contributed by atoms with Crippen molar-refractivity contribution in [3.8, 4) is 5.75 Å². The zero-order chi connectivity index (χ0) is 33.3. The molecule has 0 aromatic heterocycles. The second kappa shape index (κ2) is 15.1. The molecule has 242 valence electrons. The van der Waals surface area contributed by atoms with Crippen LogP contribution < -0.4 is 14.4 Å². The summed E-state index contributed by atoms with van der Waals surface area (Å²) in [5, 5.41) is 3.05. The van der Waals surface area contributed by atoms with Crippen LogP contribution in [0.1, 0.15) is 44.4 Å². The number of aryl methyl sites for hydroxylation is 1. The summed E-state index contributed by atoms with van der Waals surface area (Å²) < 4.78 is 34.8. The van der Waals surface area contributed by atoms with Crippen molar-refractivity contribution in [2.45, 2.75) is 63.6 Å². The number of carbonyl (C=O) groups excluding carboxylic acids is 2. The molecule has 9 heteroatoms. The molecule has 0 spiro atoms. The van der Waals surface area contributed by atoms with E-state index in [1.165, 1.54) is 17.0 Å². The number of anilines is 1. The predicted molar refractivity (Wildman–Crippen MR) is 182 cm³/mol. The highest BCUT2D eigenvalue weighted by molar-refractivity contribution is 7.92. The van der Waals surface area contributed by atoms with Crippen LogP contribution in [0.4, 0.5) is 5.69 Å². The van der Waals surface area contributed by atoms with Crippen molar-refractivity contribution >= 4 is 27.5 Å². The molecule has 4 aromatic rings. The van der Waals surface area contributed by atoms with E-state index in [0.717, 1.165) is 27.4 Å². The summed E-state index contributed by atoms with van der Waals surface area (Å²) >= 11 is 0. The number of benzene rings is 4. The summed E-state index contributed by atoms with van der Waals surface area (Å²) in [6, 6.07) is 31.0. The van der Waals surface area contributed by atoms with Crippen LogP contribution in [0.3, 0.4) is 0 Å². The molecule has 2 amide bonds. The number of hydrogen-bond acceptors (Lipinski definition) is 5. The average molecular weight is 642 g/mol. The minimum atomic E-state index is -4.15. The molecule has 0 aliphatic carbocycles. The molecule has 8 nitrogen and oxygen atoms in total. The van der Waals surface area contributed by atoms with Gasteiger partial charge in [-0.25, -0.2) is 8.42 Å². The van der Waals surface area contributed by atoms with E-state index in [1.807, 2.05) is 88.4 Å². The minimum absolute atomic E-state index is 0.0547. The number of rotatable bonds is 13. The second-order valence-corrected chi connectivity index (χ2v) is 14.0. The number of methoxy groups -OCH3 is 1. The Hall–Kier alpha value is -4.63. The van der Waals surface area contributed by atoms with Crippen LogP contribution in [-0.2, 0) is 39.0 Å². The normalized spacial score (nSPS) is 12.2. The summed E-state index contributed by atoms with van der Waals surface area (Å²) in [5.41, 5.74) is 2.42. The van der Waals surface area contributed by atoms with Crippen LogP contribution in [-0.4, -0.2) is 50.4 Å². The van der Waals surface area contributed by atoms with Gasteiger partial charge in [-0.3, -0.25) is 13.9 Å².